The molecule has 2 unspecified atom stereocenters. The molecule has 0 fully saturated rings. The maximum atomic E-state index is 13.8. The molecule has 2 aliphatic rings. The number of nitrogens with one attached hydrogen (secondary N) is 4. The molecular weight excluding hydrogens is 709 g/mol. The summed E-state index contributed by atoms with van der Waals surface area (Å²) >= 11 is 3.90. The number of carbonyl (C=O) groups excluding carboxylic acids is 4. The van der Waals surface area contributed by atoms with Gasteiger partial charge in [-0.1, -0.05) is 68.2 Å². The summed E-state index contributed by atoms with van der Waals surface area (Å²) in [6.07, 6.45) is 0.902. The molecule has 276 valence electrons. The van der Waals surface area contributed by atoms with Gasteiger partial charge < -0.3 is 26.0 Å². The Hall–Kier alpha value is -3.76. The van der Waals surface area contributed by atoms with E-state index in [2.05, 4.69) is 36.2 Å². The lowest BCUT2D eigenvalue weighted by Gasteiger charge is -2.24. The van der Waals surface area contributed by atoms with E-state index in [4.69, 9.17) is 9.73 Å². The molecular formula is C35H48N8O5S3. The molecule has 8 atom stereocenters. The lowest BCUT2D eigenvalue weighted by atomic mass is 9.98. The number of hydrogen-bond donors (Lipinski definition) is 4. The van der Waals surface area contributed by atoms with Crippen LogP contribution in [0.5, 0.6) is 0 Å². The summed E-state index contributed by atoms with van der Waals surface area (Å²) in [5.41, 5.74) is 0.684. The number of fused-ring (bicyclic) bond motifs is 7. The van der Waals surface area contributed by atoms with E-state index in [1.165, 1.54) is 34.0 Å². The topological polar surface area (TPSA) is 177 Å². The second-order valence-corrected chi connectivity index (χ2v) is 16.7. The molecule has 0 aromatic carbocycles. The van der Waals surface area contributed by atoms with Gasteiger partial charge in [-0.15, -0.1) is 34.0 Å². The Morgan fingerprint density at radius 1 is 0.627 bits per heavy atom. The molecule has 0 radical (unpaired) electrons. The van der Waals surface area contributed by atoms with Crippen LogP contribution in [0.1, 0.15) is 140 Å². The fraction of sp³-hybridized carbons (Fsp3) is 0.600. The molecule has 8 bridgehead atoms. The van der Waals surface area contributed by atoms with Crippen molar-refractivity contribution in [3.05, 3.63) is 48.2 Å². The van der Waals surface area contributed by atoms with Crippen molar-refractivity contribution in [1.29, 1.82) is 0 Å². The number of carbonyl (C=O) groups is 4. The zero-order valence-corrected chi connectivity index (χ0v) is 32.9. The first kappa shape index (κ1) is 38.5. The van der Waals surface area contributed by atoms with Gasteiger partial charge >= 0.3 is 0 Å². The number of amides is 4. The summed E-state index contributed by atoms with van der Waals surface area (Å²) in [7, 11) is 0. The van der Waals surface area contributed by atoms with Gasteiger partial charge in [-0.2, -0.15) is 0 Å². The molecule has 0 aliphatic carbocycles. The average Bonchev–Trinajstić information content (AvgIpc) is 3.92. The number of aliphatic imine (C=N–C) groups is 1. The van der Waals surface area contributed by atoms with Gasteiger partial charge in [0.05, 0.1) is 18.1 Å². The van der Waals surface area contributed by atoms with Gasteiger partial charge in [0, 0.05) is 16.1 Å². The number of rotatable bonds is 6. The summed E-state index contributed by atoms with van der Waals surface area (Å²) in [5.74, 6) is -1.32. The van der Waals surface area contributed by atoms with Crippen LogP contribution in [0.25, 0.3) is 0 Å². The second kappa shape index (κ2) is 16.3. The van der Waals surface area contributed by atoms with E-state index in [0.717, 1.165) is 6.42 Å². The van der Waals surface area contributed by atoms with E-state index in [1.54, 1.807) is 23.1 Å². The van der Waals surface area contributed by atoms with Crippen LogP contribution in [-0.2, 0) is 9.53 Å². The predicted octanol–water partition coefficient (Wildman–Crippen LogP) is 5.86. The number of nitrogens with zero attached hydrogens (tertiary/aromatic N) is 4. The Morgan fingerprint density at radius 3 is 1.47 bits per heavy atom. The standard InChI is InChI=1S/C35H48N8O5S3/c1-10-17(7)25-32-43-27(19(9)48-32)31(47)40-24(16(5)6)34-37-22(13-50-34)30(46)42-26(18(8)11-2)35-38-20(14-51-35)28(44)39-23(15(3)4)33-36-21(12-49-33)29(45)41-25/h12-19,23-27H,10-11H2,1-9H3,(H,39,44)(H,40,47)(H,41,45)(H,42,46)/t17?,18?,19-,23-,24-,25+,26+,27+/m1/s1. The van der Waals surface area contributed by atoms with E-state index in [-0.39, 0.29) is 64.4 Å². The second-order valence-electron chi connectivity index (χ2n) is 14.0. The molecule has 0 saturated carbocycles. The molecule has 3 aromatic rings. The summed E-state index contributed by atoms with van der Waals surface area (Å²) in [6, 6.07) is -2.87. The molecule has 3 aromatic heterocycles. The van der Waals surface area contributed by atoms with Gasteiger partial charge in [0.1, 0.15) is 44.3 Å². The van der Waals surface area contributed by atoms with Crippen molar-refractivity contribution < 1.29 is 23.9 Å². The lowest BCUT2D eigenvalue weighted by molar-refractivity contribution is -0.124. The highest BCUT2D eigenvalue weighted by Gasteiger charge is 2.40. The van der Waals surface area contributed by atoms with Gasteiger partial charge in [0.2, 0.25) is 11.8 Å². The molecule has 51 heavy (non-hydrogen) atoms. The van der Waals surface area contributed by atoms with Crippen LogP contribution < -0.4 is 21.3 Å². The zero-order valence-electron chi connectivity index (χ0n) is 30.5. The van der Waals surface area contributed by atoms with Crippen LogP contribution in [-0.4, -0.2) is 62.7 Å². The van der Waals surface area contributed by atoms with Gasteiger partial charge in [0.25, 0.3) is 17.7 Å². The third-order valence-corrected chi connectivity index (χ3v) is 12.3. The highest BCUT2D eigenvalue weighted by Crippen LogP contribution is 2.31. The van der Waals surface area contributed by atoms with E-state index in [9.17, 15) is 19.2 Å². The maximum absolute atomic E-state index is 13.8. The van der Waals surface area contributed by atoms with Gasteiger partial charge in [0.15, 0.2) is 6.04 Å². The first-order chi connectivity index (χ1) is 24.2. The molecule has 2 aliphatic heterocycles. The minimum Gasteiger partial charge on any atom is -0.474 e. The van der Waals surface area contributed by atoms with E-state index in [0.29, 0.717) is 21.4 Å². The molecule has 16 heteroatoms. The summed E-state index contributed by atoms with van der Waals surface area (Å²) in [6.45, 7) is 17.7. The smallest absolute Gasteiger partial charge is 0.271 e. The first-order valence-electron chi connectivity index (χ1n) is 17.6. The summed E-state index contributed by atoms with van der Waals surface area (Å²) < 4.78 is 6.15. The zero-order chi connectivity index (χ0) is 37.1. The Bertz CT molecular complexity index is 1770. The Balaban J connectivity index is 1.55. The van der Waals surface area contributed by atoms with Crippen LogP contribution in [0, 0.1) is 23.7 Å². The molecule has 5 heterocycles. The molecule has 0 spiro atoms. The van der Waals surface area contributed by atoms with Crippen LogP contribution in [0.4, 0.5) is 0 Å². The Morgan fingerprint density at radius 2 is 1.02 bits per heavy atom. The van der Waals surface area contributed by atoms with Crippen molar-refractivity contribution >= 4 is 63.5 Å². The number of thiazole rings is 3. The highest BCUT2D eigenvalue weighted by molar-refractivity contribution is 7.10. The monoisotopic (exact) mass is 756 g/mol. The van der Waals surface area contributed by atoms with E-state index in [1.807, 2.05) is 55.4 Å². The summed E-state index contributed by atoms with van der Waals surface area (Å²) in [4.78, 5) is 73.3. The molecule has 4 amide bonds. The maximum Gasteiger partial charge on any atom is 0.271 e. The SMILES string of the molecule is CCC(C)[C@@H]1NC(=O)c2csc(n2)[C@@H](C(C)C)NC(=O)c2csc(n2)[C@H](C(C)CC)NC(=O)c2csc(n2)[C@@H](C(C)C)NC(=O)[C@H]2N=C1O[C@@H]2C. The number of aromatic nitrogens is 3. The minimum absolute atomic E-state index is 0.0136. The van der Waals surface area contributed by atoms with Gasteiger partial charge in [-0.25, -0.2) is 19.9 Å². The fourth-order valence-corrected chi connectivity index (χ4v) is 8.86. The predicted molar refractivity (Wildman–Crippen MR) is 199 cm³/mol. The molecule has 4 N–H and O–H groups in total. The Labute approximate surface area is 310 Å². The van der Waals surface area contributed by atoms with E-state index < -0.39 is 42.2 Å². The largest absolute Gasteiger partial charge is 0.474 e. The molecule has 0 saturated heterocycles. The van der Waals surface area contributed by atoms with Gasteiger partial charge in [-0.05, 0) is 30.6 Å². The fourth-order valence-electron chi connectivity index (χ4n) is 5.83. The lowest BCUT2D eigenvalue weighted by Crippen LogP contribution is -2.45. The normalized spacial score (nSPS) is 26.0. The first-order valence-corrected chi connectivity index (χ1v) is 20.2. The average molecular weight is 757 g/mol. The quantitative estimate of drug-likeness (QED) is 0.242. The van der Waals surface area contributed by atoms with Crippen molar-refractivity contribution in [2.75, 3.05) is 0 Å². The third kappa shape index (κ3) is 8.49. The molecule has 13 nitrogen and oxygen atoms in total. The summed E-state index contributed by atoms with van der Waals surface area (Å²) in [5, 5.41) is 19.2. The third-order valence-electron chi connectivity index (χ3n) is 9.53. The van der Waals surface area contributed by atoms with Crippen molar-refractivity contribution in [2.24, 2.45) is 28.7 Å². The van der Waals surface area contributed by atoms with E-state index >= 15 is 0 Å². The van der Waals surface area contributed by atoms with Crippen molar-refractivity contribution in [2.45, 2.75) is 111 Å². The van der Waals surface area contributed by atoms with Crippen molar-refractivity contribution in [3.63, 3.8) is 0 Å². The van der Waals surface area contributed by atoms with Crippen molar-refractivity contribution in [3.8, 4) is 0 Å². The van der Waals surface area contributed by atoms with Gasteiger partial charge in [-0.3, -0.25) is 19.2 Å². The van der Waals surface area contributed by atoms with Crippen LogP contribution in [0.2, 0.25) is 0 Å². The number of hydrogen-bond acceptors (Lipinski definition) is 12. The van der Waals surface area contributed by atoms with Crippen LogP contribution in [0.15, 0.2) is 21.1 Å². The Kier molecular flexibility index (Phi) is 12.3. The minimum atomic E-state index is -0.848. The van der Waals surface area contributed by atoms with Crippen molar-refractivity contribution in [1.82, 2.24) is 36.2 Å². The molecule has 5 rings (SSSR count). The number of ether oxygens (including phenoxy) is 1. The van der Waals surface area contributed by atoms with Crippen LogP contribution in [0.3, 0.4) is 0 Å². The van der Waals surface area contributed by atoms with Crippen LogP contribution >= 0.6 is 34.0 Å². The highest BCUT2D eigenvalue weighted by atomic mass is 32.1.